The van der Waals surface area contributed by atoms with E-state index in [0.717, 1.165) is 43.5 Å². The van der Waals surface area contributed by atoms with Gasteiger partial charge in [-0.25, -0.2) is 0 Å². The number of hydrogen-bond acceptors (Lipinski definition) is 3. The van der Waals surface area contributed by atoms with Crippen LogP contribution in [0.3, 0.4) is 0 Å². The van der Waals surface area contributed by atoms with Crippen molar-refractivity contribution in [2.75, 3.05) is 19.6 Å². The number of benzene rings is 1. The van der Waals surface area contributed by atoms with E-state index >= 15 is 0 Å². The van der Waals surface area contributed by atoms with Crippen molar-refractivity contribution in [3.05, 3.63) is 66.1 Å². The van der Waals surface area contributed by atoms with Gasteiger partial charge in [0.05, 0.1) is 6.54 Å². The summed E-state index contributed by atoms with van der Waals surface area (Å²) in [5.74, 6) is 1.82. The lowest BCUT2D eigenvalue weighted by Gasteiger charge is -2.15. The molecule has 3 aromatic rings. The van der Waals surface area contributed by atoms with Gasteiger partial charge >= 0.3 is 0 Å². The third-order valence-electron chi connectivity index (χ3n) is 5.15. The molecule has 0 amide bonds. The van der Waals surface area contributed by atoms with Crippen LogP contribution in [0.5, 0.6) is 0 Å². The molecule has 2 heterocycles. The first-order valence-electron chi connectivity index (χ1n) is 9.67. The maximum atomic E-state index is 4.86. The molecule has 0 aliphatic heterocycles. The predicted molar refractivity (Wildman–Crippen MR) is 108 cm³/mol. The zero-order valence-corrected chi connectivity index (χ0v) is 15.7. The van der Waals surface area contributed by atoms with Crippen LogP contribution in [-0.2, 0) is 11.8 Å². The summed E-state index contributed by atoms with van der Waals surface area (Å²) < 4.78 is 2.03. The van der Waals surface area contributed by atoms with Gasteiger partial charge in [-0.3, -0.25) is 9.39 Å². The zero-order valence-electron chi connectivity index (χ0n) is 15.7. The molecule has 1 aromatic carbocycles. The SMILES string of the molecule is CCNC(=NCC1(c2ccccc2)CC1)NCCc1nnc2ccccn12. The van der Waals surface area contributed by atoms with Crippen molar-refractivity contribution < 1.29 is 0 Å². The van der Waals surface area contributed by atoms with Gasteiger partial charge < -0.3 is 10.6 Å². The van der Waals surface area contributed by atoms with E-state index in [1.807, 2.05) is 28.8 Å². The van der Waals surface area contributed by atoms with E-state index in [2.05, 4.69) is 58.1 Å². The van der Waals surface area contributed by atoms with Crippen LogP contribution in [0.25, 0.3) is 5.65 Å². The van der Waals surface area contributed by atoms with Crippen LogP contribution >= 0.6 is 0 Å². The lowest BCUT2D eigenvalue weighted by molar-refractivity contribution is 0.690. The van der Waals surface area contributed by atoms with Crippen molar-refractivity contribution in [3.63, 3.8) is 0 Å². The molecule has 2 N–H and O–H groups in total. The van der Waals surface area contributed by atoms with Gasteiger partial charge in [0.1, 0.15) is 5.82 Å². The van der Waals surface area contributed by atoms with Crippen LogP contribution in [0.2, 0.25) is 0 Å². The Morgan fingerprint density at radius 2 is 1.89 bits per heavy atom. The van der Waals surface area contributed by atoms with E-state index in [9.17, 15) is 0 Å². The molecule has 4 rings (SSSR count). The fourth-order valence-electron chi connectivity index (χ4n) is 3.41. The molecule has 2 aromatic heterocycles. The molecule has 1 aliphatic rings. The molecule has 27 heavy (non-hydrogen) atoms. The number of rotatable bonds is 7. The third-order valence-corrected chi connectivity index (χ3v) is 5.15. The van der Waals surface area contributed by atoms with E-state index in [-0.39, 0.29) is 5.41 Å². The average Bonchev–Trinajstić information content (AvgIpc) is 3.41. The third kappa shape index (κ3) is 3.94. The fraction of sp³-hybridized carbons (Fsp3) is 0.381. The molecule has 1 saturated carbocycles. The highest BCUT2D eigenvalue weighted by Gasteiger charge is 2.43. The Labute approximate surface area is 159 Å². The Morgan fingerprint density at radius 1 is 1.07 bits per heavy atom. The average molecular weight is 362 g/mol. The highest BCUT2D eigenvalue weighted by atomic mass is 15.2. The summed E-state index contributed by atoms with van der Waals surface area (Å²) in [6.07, 6.45) is 5.22. The van der Waals surface area contributed by atoms with Gasteiger partial charge in [0.15, 0.2) is 11.6 Å². The number of aromatic nitrogens is 3. The number of fused-ring (bicyclic) bond motifs is 1. The summed E-state index contributed by atoms with van der Waals surface area (Å²) >= 11 is 0. The van der Waals surface area contributed by atoms with Gasteiger partial charge in [-0.15, -0.1) is 10.2 Å². The van der Waals surface area contributed by atoms with E-state index in [1.54, 1.807) is 0 Å². The van der Waals surface area contributed by atoms with Crippen LogP contribution < -0.4 is 10.6 Å². The van der Waals surface area contributed by atoms with Crippen molar-refractivity contribution in [1.29, 1.82) is 0 Å². The second-order valence-corrected chi connectivity index (χ2v) is 7.06. The minimum Gasteiger partial charge on any atom is -0.357 e. The van der Waals surface area contributed by atoms with Crippen molar-refractivity contribution in [2.45, 2.75) is 31.6 Å². The summed E-state index contributed by atoms with van der Waals surface area (Å²) in [7, 11) is 0. The van der Waals surface area contributed by atoms with Crippen LogP contribution in [0, 0.1) is 0 Å². The van der Waals surface area contributed by atoms with Gasteiger partial charge in [0.25, 0.3) is 0 Å². The maximum absolute atomic E-state index is 4.86. The zero-order chi connectivity index (χ0) is 18.5. The summed E-state index contributed by atoms with van der Waals surface area (Å²) in [4.78, 5) is 4.86. The molecular formula is C21H26N6. The minimum atomic E-state index is 0.229. The molecule has 6 heteroatoms. The highest BCUT2D eigenvalue weighted by molar-refractivity contribution is 5.79. The minimum absolute atomic E-state index is 0.229. The number of nitrogens with zero attached hydrogens (tertiary/aromatic N) is 4. The second kappa shape index (κ2) is 7.78. The first-order valence-corrected chi connectivity index (χ1v) is 9.67. The fourth-order valence-corrected chi connectivity index (χ4v) is 3.41. The summed E-state index contributed by atoms with van der Waals surface area (Å²) in [5, 5.41) is 15.3. The van der Waals surface area contributed by atoms with Gasteiger partial charge in [0.2, 0.25) is 0 Å². The molecule has 0 bridgehead atoms. The monoisotopic (exact) mass is 362 g/mol. The van der Waals surface area contributed by atoms with Gasteiger partial charge in [-0.1, -0.05) is 36.4 Å². The number of pyridine rings is 1. The lowest BCUT2D eigenvalue weighted by atomic mass is 9.96. The van der Waals surface area contributed by atoms with Gasteiger partial charge in [-0.2, -0.15) is 0 Å². The normalized spacial score (nSPS) is 15.7. The lowest BCUT2D eigenvalue weighted by Crippen LogP contribution is -2.39. The van der Waals surface area contributed by atoms with Crippen LogP contribution in [0.4, 0.5) is 0 Å². The summed E-state index contributed by atoms with van der Waals surface area (Å²) in [6, 6.07) is 16.7. The van der Waals surface area contributed by atoms with Gasteiger partial charge in [-0.05, 0) is 37.5 Å². The molecular weight excluding hydrogens is 336 g/mol. The van der Waals surface area contributed by atoms with Crippen LogP contribution in [0.15, 0.2) is 59.7 Å². The first-order chi connectivity index (χ1) is 13.3. The number of hydrogen-bond donors (Lipinski definition) is 2. The highest BCUT2D eigenvalue weighted by Crippen LogP contribution is 2.48. The molecule has 0 unspecified atom stereocenters. The Balaban J connectivity index is 1.37. The van der Waals surface area contributed by atoms with Crippen LogP contribution in [0.1, 0.15) is 31.2 Å². The Kier molecular flexibility index (Phi) is 5.05. The van der Waals surface area contributed by atoms with E-state index in [0.29, 0.717) is 0 Å². The largest absolute Gasteiger partial charge is 0.357 e. The molecule has 0 radical (unpaired) electrons. The molecule has 0 spiro atoms. The number of nitrogens with one attached hydrogen (secondary N) is 2. The predicted octanol–water partition coefficient (Wildman–Crippen LogP) is 2.56. The molecule has 1 aliphatic carbocycles. The van der Waals surface area contributed by atoms with Gasteiger partial charge in [0, 0.05) is 31.1 Å². The summed E-state index contributed by atoms with van der Waals surface area (Å²) in [6.45, 7) is 4.52. The smallest absolute Gasteiger partial charge is 0.191 e. The summed E-state index contributed by atoms with van der Waals surface area (Å²) in [5.41, 5.74) is 2.51. The quantitative estimate of drug-likeness (QED) is 0.501. The van der Waals surface area contributed by atoms with E-state index < -0.39 is 0 Å². The molecule has 0 saturated heterocycles. The van der Waals surface area contributed by atoms with Crippen molar-refractivity contribution >= 4 is 11.6 Å². The van der Waals surface area contributed by atoms with Crippen molar-refractivity contribution in [3.8, 4) is 0 Å². The molecule has 140 valence electrons. The molecule has 0 atom stereocenters. The topological polar surface area (TPSA) is 66.6 Å². The number of aliphatic imine (C=N–C) groups is 1. The van der Waals surface area contributed by atoms with E-state index in [1.165, 1.54) is 18.4 Å². The molecule has 6 nitrogen and oxygen atoms in total. The second-order valence-electron chi connectivity index (χ2n) is 7.06. The maximum Gasteiger partial charge on any atom is 0.191 e. The first kappa shape index (κ1) is 17.5. The van der Waals surface area contributed by atoms with Crippen molar-refractivity contribution in [2.24, 2.45) is 4.99 Å². The standard InChI is InChI=1S/C21H26N6/c1-2-22-20(24-16-21(12-13-21)17-8-4-3-5-9-17)23-14-11-19-26-25-18-10-6-7-15-27(18)19/h3-10,15H,2,11-14,16H2,1H3,(H2,22,23,24). The number of guanidine groups is 1. The van der Waals surface area contributed by atoms with Crippen LogP contribution in [-0.4, -0.2) is 40.2 Å². The Bertz CT molecular complexity index is 911. The molecule has 1 fully saturated rings. The van der Waals surface area contributed by atoms with Crippen molar-refractivity contribution in [1.82, 2.24) is 25.2 Å². The Morgan fingerprint density at radius 3 is 2.67 bits per heavy atom. The van der Waals surface area contributed by atoms with E-state index in [4.69, 9.17) is 4.99 Å². The Hall–Kier alpha value is -2.89.